The molecule has 3 rings (SSSR count). The van der Waals surface area contributed by atoms with Gasteiger partial charge in [-0.1, -0.05) is 56.0 Å². The lowest BCUT2D eigenvalue weighted by molar-refractivity contribution is 0.568. The predicted octanol–water partition coefficient (Wildman–Crippen LogP) is 4.03. The Balaban J connectivity index is 0.00000199. The minimum absolute atomic E-state index is 0.0671. The Morgan fingerprint density at radius 1 is 1.24 bits per heavy atom. The second-order valence-electron chi connectivity index (χ2n) is 7.82. The normalized spacial score (nSPS) is 14.0. The van der Waals surface area contributed by atoms with Crippen LogP contribution in [-0.4, -0.2) is 29.7 Å². The van der Waals surface area contributed by atoms with Crippen molar-refractivity contribution in [3.05, 3.63) is 82.3 Å². The first-order valence-corrected chi connectivity index (χ1v) is 11.7. The summed E-state index contributed by atoms with van der Waals surface area (Å²) < 4.78 is 1.62. The molecule has 0 radical (unpaired) electrons. The zero-order valence-corrected chi connectivity index (χ0v) is 20.6. The van der Waals surface area contributed by atoms with Gasteiger partial charge < -0.3 is 16.0 Å². The Kier molecular flexibility index (Phi) is 10.8. The maximum Gasteiger partial charge on any atom is 0.260 e. The Labute approximate surface area is 202 Å². The van der Waals surface area contributed by atoms with Crippen LogP contribution in [0.5, 0.6) is 0 Å². The Bertz CT molecular complexity index is 1100. The summed E-state index contributed by atoms with van der Waals surface area (Å²) in [5.41, 5.74) is 7.31. The third kappa shape index (κ3) is 6.46. The third-order valence-corrected chi connectivity index (χ3v) is 5.73. The summed E-state index contributed by atoms with van der Waals surface area (Å²) in [6, 6.07) is 12.0. The van der Waals surface area contributed by atoms with Crippen molar-refractivity contribution in [1.82, 2.24) is 14.9 Å². The number of hydrogen-bond acceptors (Lipinski definition) is 6. The molecule has 1 aliphatic rings. The van der Waals surface area contributed by atoms with E-state index in [1.165, 1.54) is 13.5 Å². The Morgan fingerprint density at radius 2 is 1.91 bits per heavy atom. The summed E-state index contributed by atoms with van der Waals surface area (Å²) in [5, 5.41) is 12.9. The van der Waals surface area contributed by atoms with Gasteiger partial charge in [-0.2, -0.15) is 5.26 Å². The lowest BCUT2D eigenvalue weighted by Gasteiger charge is -2.30. The molecule has 1 saturated heterocycles. The first kappa shape index (κ1) is 26.6. The summed E-state index contributed by atoms with van der Waals surface area (Å²) in [4.78, 5) is 20.7. The van der Waals surface area contributed by atoms with Crippen molar-refractivity contribution in [3.8, 4) is 17.5 Å². The van der Waals surface area contributed by atoms with Crippen LogP contribution in [0.2, 0.25) is 0 Å². The van der Waals surface area contributed by atoms with Crippen LogP contribution in [0, 0.1) is 11.3 Å². The SMILES string of the molecule is C=C/C=C\C(C#N)=C(/CC)NCc1c(N2CCCCC2)nc(-c2ccccc2)n(C)c1=O.CN. The molecule has 0 unspecified atom stereocenters. The average Bonchev–Trinajstić information content (AvgIpc) is 2.90. The molecule has 0 aliphatic carbocycles. The standard InChI is InChI=1S/C26H31N5O.CH5N/c1-4-6-13-21(18-27)23(5-2)28-19-22-25(31-16-11-8-12-17-31)29-24(30(3)26(22)32)20-14-9-7-10-15-20;1-2/h4,6-7,9-10,13-15,28H,1,5,8,11-12,16-17,19H2,2-3H3;2H2,1H3/b13-6-,23-21-;. The van der Waals surface area contributed by atoms with E-state index in [9.17, 15) is 10.1 Å². The number of nitrogens with one attached hydrogen (secondary N) is 1. The monoisotopic (exact) mass is 460 g/mol. The number of allylic oxidation sites excluding steroid dienone is 5. The lowest BCUT2D eigenvalue weighted by Crippen LogP contribution is -2.36. The van der Waals surface area contributed by atoms with Crippen molar-refractivity contribution in [1.29, 1.82) is 5.26 Å². The van der Waals surface area contributed by atoms with Crippen LogP contribution in [0.1, 0.15) is 38.2 Å². The Morgan fingerprint density at radius 3 is 2.50 bits per heavy atom. The highest BCUT2D eigenvalue weighted by atomic mass is 16.1. The van der Waals surface area contributed by atoms with E-state index < -0.39 is 0 Å². The zero-order valence-electron chi connectivity index (χ0n) is 20.6. The van der Waals surface area contributed by atoms with Gasteiger partial charge in [-0.25, -0.2) is 4.98 Å². The summed E-state index contributed by atoms with van der Waals surface area (Å²) >= 11 is 0. The number of benzene rings is 1. The highest BCUT2D eigenvalue weighted by Crippen LogP contribution is 2.24. The molecular weight excluding hydrogens is 424 g/mol. The molecule has 1 aliphatic heterocycles. The highest BCUT2D eigenvalue weighted by molar-refractivity contribution is 5.60. The van der Waals surface area contributed by atoms with E-state index >= 15 is 0 Å². The molecule has 2 heterocycles. The van der Waals surface area contributed by atoms with E-state index in [1.807, 2.05) is 37.3 Å². The van der Waals surface area contributed by atoms with Crippen LogP contribution in [0.15, 0.2) is 71.2 Å². The van der Waals surface area contributed by atoms with E-state index in [0.717, 1.165) is 43.0 Å². The number of piperidine rings is 1. The maximum absolute atomic E-state index is 13.5. The molecule has 0 saturated carbocycles. The summed E-state index contributed by atoms with van der Waals surface area (Å²) in [6.45, 7) is 7.76. The molecule has 1 aromatic carbocycles. The molecule has 1 fully saturated rings. The number of nitrogens with two attached hydrogens (primary N) is 1. The minimum atomic E-state index is -0.0671. The molecule has 2 aromatic rings. The van der Waals surface area contributed by atoms with E-state index in [0.29, 0.717) is 29.9 Å². The number of anilines is 1. The van der Waals surface area contributed by atoms with Crippen molar-refractivity contribution < 1.29 is 0 Å². The first-order chi connectivity index (χ1) is 16.6. The van der Waals surface area contributed by atoms with Gasteiger partial charge in [0, 0.05) is 37.9 Å². The zero-order chi connectivity index (χ0) is 24.9. The van der Waals surface area contributed by atoms with Gasteiger partial charge in [-0.15, -0.1) is 0 Å². The number of hydrogen-bond donors (Lipinski definition) is 2. The molecule has 0 atom stereocenters. The van der Waals surface area contributed by atoms with E-state index in [2.05, 4.69) is 28.6 Å². The van der Waals surface area contributed by atoms with Crippen LogP contribution < -0.4 is 21.5 Å². The van der Waals surface area contributed by atoms with E-state index in [-0.39, 0.29) is 5.56 Å². The molecule has 1 aromatic heterocycles. The molecule has 0 bridgehead atoms. The van der Waals surface area contributed by atoms with Gasteiger partial charge in [0.1, 0.15) is 17.7 Å². The second-order valence-corrected chi connectivity index (χ2v) is 7.82. The van der Waals surface area contributed by atoms with Gasteiger partial charge in [-0.05, 0) is 38.8 Å². The predicted molar refractivity (Wildman–Crippen MR) is 140 cm³/mol. The molecule has 7 heteroatoms. The molecular formula is C27H36N6O. The number of nitrogens with zero attached hydrogens (tertiary/aromatic N) is 4. The van der Waals surface area contributed by atoms with Gasteiger partial charge in [-0.3, -0.25) is 9.36 Å². The van der Waals surface area contributed by atoms with Crippen molar-refractivity contribution >= 4 is 5.82 Å². The largest absolute Gasteiger partial charge is 0.383 e. The van der Waals surface area contributed by atoms with Crippen molar-refractivity contribution in [2.75, 3.05) is 25.0 Å². The molecule has 0 amide bonds. The third-order valence-electron chi connectivity index (χ3n) is 5.73. The van der Waals surface area contributed by atoms with Crippen molar-refractivity contribution in [2.24, 2.45) is 12.8 Å². The first-order valence-electron chi connectivity index (χ1n) is 11.7. The van der Waals surface area contributed by atoms with Crippen LogP contribution in [-0.2, 0) is 13.6 Å². The van der Waals surface area contributed by atoms with Crippen LogP contribution in [0.25, 0.3) is 11.4 Å². The molecule has 34 heavy (non-hydrogen) atoms. The quantitative estimate of drug-likeness (QED) is 0.456. The summed E-state index contributed by atoms with van der Waals surface area (Å²) in [5.74, 6) is 1.41. The van der Waals surface area contributed by atoms with Crippen molar-refractivity contribution in [3.63, 3.8) is 0 Å². The maximum atomic E-state index is 13.5. The minimum Gasteiger partial charge on any atom is -0.383 e. The number of rotatable bonds is 8. The van der Waals surface area contributed by atoms with E-state index in [4.69, 9.17) is 4.98 Å². The van der Waals surface area contributed by atoms with Gasteiger partial charge in [0.05, 0.1) is 11.1 Å². The molecule has 180 valence electrons. The smallest absolute Gasteiger partial charge is 0.260 e. The number of aromatic nitrogens is 2. The summed E-state index contributed by atoms with van der Waals surface area (Å²) in [6.07, 6.45) is 9.15. The molecule has 0 spiro atoms. The van der Waals surface area contributed by atoms with Crippen LogP contribution >= 0.6 is 0 Å². The highest BCUT2D eigenvalue weighted by Gasteiger charge is 2.22. The van der Waals surface area contributed by atoms with Crippen molar-refractivity contribution in [2.45, 2.75) is 39.2 Å². The summed E-state index contributed by atoms with van der Waals surface area (Å²) in [7, 11) is 3.27. The van der Waals surface area contributed by atoms with Gasteiger partial charge >= 0.3 is 0 Å². The van der Waals surface area contributed by atoms with Gasteiger partial charge in [0.25, 0.3) is 5.56 Å². The fourth-order valence-electron chi connectivity index (χ4n) is 3.98. The van der Waals surface area contributed by atoms with Gasteiger partial charge in [0.15, 0.2) is 0 Å². The van der Waals surface area contributed by atoms with Crippen LogP contribution in [0.4, 0.5) is 5.82 Å². The lowest BCUT2D eigenvalue weighted by atomic mass is 10.1. The fraction of sp³-hybridized carbons (Fsp3) is 0.370. The van der Waals surface area contributed by atoms with Crippen LogP contribution in [0.3, 0.4) is 0 Å². The van der Waals surface area contributed by atoms with E-state index in [1.54, 1.807) is 29.8 Å². The molecule has 3 N–H and O–H groups in total. The topological polar surface area (TPSA) is 100.0 Å². The molecule has 7 nitrogen and oxygen atoms in total. The number of nitriles is 1. The fourth-order valence-corrected chi connectivity index (χ4v) is 3.98. The Hall–Kier alpha value is -3.63. The second kappa shape index (κ2) is 13.8. The average molecular weight is 461 g/mol. The van der Waals surface area contributed by atoms with Gasteiger partial charge in [0.2, 0.25) is 0 Å².